The third-order valence-electron chi connectivity index (χ3n) is 7.09. The fraction of sp³-hybridized carbons (Fsp3) is 0.448. The zero-order valence-electron chi connectivity index (χ0n) is 23.3. The van der Waals surface area contributed by atoms with Crippen molar-refractivity contribution in [2.45, 2.75) is 52.6 Å². The zero-order valence-corrected chi connectivity index (χ0v) is 23.3. The molecule has 4 heterocycles. The van der Waals surface area contributed by atoms with Crippen LogP contribution < -0.4 is 5.32 Å². The fourth-order valence-electron chi connectivity index (χ4n) is 5.02. The molecule has 0 atom stereocenters. The fourth-order valence-corrected chi connectivity index (χ4v) is 5.02. The minimum atomic E-state index is -0.616. The van der Waals surface area contributed by atoms with Gasteiger partial charge in [0.25, 0.3) is 0 Å². The Labute approximate surface area is 228 Å². The van der Waals surface area contributed by atoms with Crippen molar-refractivity contribution in [3.63, 3.8) is 0 Å². The van der Waals surface area contributed by atoms with Gasteiger partial charge in [0, 0.05) is 49.9 Å². The van der Waals surface area contributed by atoms with E-state index in [0.717, 1.165) is 63.2 Å². The van der Waals surface area contributed by atoms with E-state index in [-0.39, 0.29) is 11.6 Å². The average molecular weight is 535 g/mol. The maximum atomic E-state index is 15.0. The number of hydrogen-bond acceptors (Lipinski definition) is 7. The van der Waals surface area contributed by atoms with E-state index in [1.807, 2.05) is 31.4 Å². The van der Waals surface area contributed by atoms with E-state index >= 15 is 0 Å². The molecule has 39 heavy (non-hydrogen) atoms. The molecule has 4 aromatic rings. The average Bonchev–Trinajstić information content (AvgIpc) is 3.71. The van der Waals surface area contributed by atoms with Gasteiger partial charge >= 0.3 is 0 Å². The summed E-state index contributed by atoms with van der Waals surface area (Å²) >= 11 is 0. The predicted octanol–water partition coefficient (Wildman–Crippen LogP) is 5.50. The van der Waals surface area contributed by atoms with Gasteiger partial charge in [-0.1, -0.05) is 19.9 Å². The first-order valence-corrected chi connectivity index (χ1v) is 13.7. The van der Waals surface area contributed by atoms with Crippen LogP contribution in [0.4, 0.5) is 20.5 Å². The first-order chi connectivity index (χ1) is 18.9. The van der Waals surface area contributed by atoms with Crippen LogP contribution in [-0.4, -0.2) is 68.0 Å². The van der Waals surface area contributed by atoms with Crippen molar-refractivity contribution >= 4 is 22.8 Å². The Bertz CT molecular complexity index is 1480. The molecule has 0 saturated heterocycles. The third-order valence-corrected chi connectivity index (χ3v) is 7.09. The second-order valence-corrected chi connectivity index (χ2v) is 10.2. The molecule has 0 radical (unpaired) electrons. The van der Waals surface area contributed by atoms with Gasteiger partial charge in [-0.3, -0.25) is 4.90 Å². The molecule has 0 amide bonds. The maximum absolute atomic E-state index is 15.0. The number of fused-ring (bicyclic) bond motifs is 2. The van der Waals surface area contributed by atoms with Crippen LogP contribution in [0.15, 0.2) is 30.5 Å². The van der Waals surface area contributed by atoms with Gasteiger partial charge in [-0.2, -0.15) is 0 Å². The minimum absolute atomic E-state index is 0.0361. The van der Waals surface area contributed by atoms with Gasteiger partial charge in [0.05, 0.1) is 11.7 Å². The SMILES string of the molecule is CC.Cc1nc2c(F)cc(-c3nc(Nc4ccc5c(n4)CCN(CCN(C)C)C5)ncc3F)cc2n1C1CC1. The number of halogens is 2. The lowest BCUT2D eigenvalue weighted by Gasteiger charge is -2.29. The summed E-state index contributed by atoms with van der Waals surface area (Å²) < 4.78 is 31.9. The first-order valence-electron chi connectivity index (χ1n) is 13.7. The standard InChI is InChI=1S/C27H30F2N8.C2H6/c1-16-31-26-20(28)12-18(13-23(26)37(16)19-5-6-19)25-21(29)14-30-27(34-25)33-24-7-4-17-15-36(11-10-35(2)3)9-8-22(17)32-24;1-2/h4,7,12-14,19H,5-6,8-11,15H2,1-3H3,(H,30,32,33,34);1-2H3. The molecule has 1 aliphatic carbocycles. The second kappa shape index (κ2) is 11.3. The van der Waals surface area contributed by atoms with Gasteiger partial charge in [0.2, 0.25) is 5.95 Å². The Morgan fingerprint density at radius 1 is 1.05 bits per heavy atom. The molecule has 0 bridgehead atoms. The van der Waals surface area contributed by atoms with Crippen LogP contribution in [0.2, 0.25) is 0 Å². The molecule has 0 spiro atoms. The lowest BCUT2D eigenvalue weighted by Crippen LogP contribution is -2.36. The molecule has 1 fully saturated rings. The van der Waals surface area contributed by atoms with Crippen LogP contribution in [0.1, 0.15) is 49.8 Å². The number of anilines is 2. The number of aromatic nitrogens is 5. The third kappa shape index (κ3) is 5.77. The number of rotatable bonds is 7. The molecule has 1 N–H and O–H groups in total. The molecule has 0 unspecified atom stereocenters. The summed E-state index contributed by atoms with van der Waals surface area (Å²) in [4.78, 5) is 22.3. The van der Waals surface area contributed by atoms with Crippen molar-refractivity contribution in [3.8, 4) is 11.3 Å². The summed E-state index contributed by atoms with van der Waals surface area (Å²) in [5.41, 5.74) is 3.62. The van der Waals surface area contributed by atoms with Crippen molar-refractivity contribution in [1.82, 2.24) is 34.3 Å². The summed E-state index contributed by atoms with van der Waals surface area (Å²) in [6.45, 7) is 9.74. The zero-order chi connectivity index (χ0) is 27.7. The molecule has 206 valence electrons. The van der Waals surface area contributed by atoms with Crippen LogP contribution in [0.3, 0.4) is 0 Å². The summed E-state index contributed by atoms with van der Waals surface area (Å²) in [6.07, 6.45) is 4.05. The van der Waals surface area contributed by atoms with Gasteiger partial charge in [0.15, 0.2) is 11.6 Å². The molecule has 1 aliphatic heterocycles. The Kier molecular flexibility index (Phi) is 7.86. The molecule has 1 saturated carbocycles. The van der Waals surface area contributed by atoms with Gasteiger partial charge in [-0.05, 0) is 57.6 Å². The van der Waals surface area contributed by atoms with Crippen molar-refractivity contribution in [2.75, 3.05) is 39.0 Å². The number of likely N-dealkylation sites (N-methyl/N-ethyl adjacent to an activating group) is 1. The highest BCUT2D eigenvalue weighted by Gasteiger charge is 2.28. The highest BCUT2D eigenvalue weighted by atomic mass is 19.1. The largest absolute Gasteiger partial charge is 0.325 e. The molecule has 8 nitrogen and oxygen atoms in total. The smallest absolute Gasteiger partial charge is 0.229 e. The normalized spacial score (nSPS) is 15.3. The number of nitrogens with zero attached hydrogens (tertiary/aromatic N) is 7. The number of imidazole rings is 1. The Balaban J connectivity index is 0.00000151. The van der Waals surface area contributed by atoms with E-state index in [1.54, 1.807) is 6.07 Å². The summed E-state index contributed by atoms with van der Waals surface area (Å²) in [6, 6.07) is 7.35. The quantitative estimate of drug-likeness (QED) is 0.336. The highest BCUT2D eigenvalue weighted by Crippen LogP contribution is 2.40. The molecule has 10 heteroatoms. The van der Waals surface area contributed by atoms with Crippen LogP contribution in [0.25, 0.3) is 22.3 Å². The van der Waals surface area contributed by atoms with Gasteiger partial charge in [-0.15, -0.1) is 0 Å². The molecular formula is C29H36F2N8. The van der Waals surface area contributed by atoms with E-state index in [9.17, 15) is 8.78 Å². The Morgan fingerprint density at radius 3 is 2.59 bits per heavy atom. The van der Waals surface area contributed by atoms with Crippen molar-refractivity contribution < 1.29 is 8.78 Å². The molecule has 1 aromatic carbocycles. The van der Waals surface area contributed by atoms with E-state index in [1.165, 1.54) is 11.6 Å². The maximum Gasteiger partial charge on any atom is 0.229 e. The number of pyridine rings is 1. The Morgan fingerprint density at radius 2 is 1.85 bits per heavy atom. The number of hydrogen-bond donors (Lipinski definition) is 1. The molecular weight excluding hydrogens is 498 g/mol. The van der Waals surface area contributed by atoms with E-state index in [2.05, 4.69) is 50.2 Å². The van der Waals surface area contributed by atoms with Crippen LogP contribution in [0, 0.1) is 18.6 Å². The summed E-state index contributed by atoms with van der Waals surface area (Å²) in [5.74, 6) is 0.466. The highest BCUT2D eigenvalue weighted by molar-refractivity contribution is 5.83. The Hall–Kier alpha value is -3.50. The van der Waals surface area contributed by atoms with Crippen molar-refractivity contribution in [3.05, 3.63) is 59.2 Å². The van der Waals surface area contributed by atoms with Gasteiger partial charge < -0.3 is 14.8 Å². The van der Waals surface area contributed by atoms with Crippen LogP contribution in [0.5, 0.6) is 0 Å². The summed E-state index contributed by atoms with van der Waals surface area (Å²) in [5, 5.41) is 3.11. The summed E-state index contributed by atoms with van der Waals surface area (Å²) in [7, 11) is 4.17. The minimum Gasteiger partial charge on any atom is -0.325 e. The monoisotopic (exact) mass is 534 g/mol. The molecule has 6 rings (SSSR count). The second-order valence-electron chi connectivity index (χ2n) is 10.2. The number of nitrogens with one attached hydrogen (secondary N) is 1. The van der Waals surface area contributed by atoms with E-state index in [0.29, 0.717) is 28.5 Å². The topological polar surface area (TPSA) is 75.0 Å². The molecule has 3 aromatic heterocycles. The van der Waals surface area contributed by atoms with E-state index < -0.39 is 11.6 Å². The van der Waals surface area contributed by atoms with E-state index in [4.69, 9.17) is 4.98 Å². The number of aryl methyl sites for hydroxylation is 1. The lowest BCUT2D eigenvalue weighted by molar-refractivity contribution is 0.224. The lowest BCUT2D eigenvalue weighted by atomic mass is 10.1. The van der Waals surface area contributed by atoms with Crippen molar-refractivity contribution in [2.24, 2.45) is 0 Å². The van der Waals surface area contributed by atoms with Crippen LogP contribution >= 0.6 is 0 Å². The predicted molar refractivity (Wildman–Crippen MR) is 150 cm³/mol. The number of benzene rings is 1. The van der Waals surface area contributed by atoms with Gasteiger partial charge in [0.1, 0.15) is 22.9 Å². The van der Waals surface area contributed by atoms with Crippen molar-refractivity contribution in [1.29, 1.82) is 0 Å². The van der Waals surface area contributed by atoms with Gasteiger partial charge in [-0.25, -0.2) is 28.7 Å². The molecule has 2 aliphatic rings. The first kappa shape index (κ1) is 27.1. The van der Waals surface area contributed by atoms with Crippen LogP contribution in [-0.2, 0) is 13.0 Å².